The van der Waals surface area contributed by atoms with Crippen molar-refractivity contribution in [3.63, 3.8) is 0 Å². The molecule has 2 rings (SSSR count). The summed E-state index contributed by atoms with van der Waals surface area (Å²) >= 11 is 0. The molecule has 54 valence electrons. The van der Waals surface area contributed by atoms with E-state index in [1.165, 1.54) is 6.20 Å². The van der Waals surface area contributed by atoms with Gasteiger partial charge in [0.2, 0.25) is 0 Å². The zero-order chi connectivity index (χ0) is 7.52. The molecule has 2 aromatic rings. The number of rotatable bonds is 1. The third-order valence-electron chi connectivity index (χ3n) is 1.32. The van der Waals surface area contributed by atoms with Gasteiger partial charge >= 0.3 is 18.9 Å². The van der Waals surface area contributed by atoms with Crippen molar-refractivity contribution >= 4 is 0 Å². The monoisotopic (exact) mass is 152 g/mol. The van der Waals surface area contributed by atoms with Crippen molar-refractivity contribution in [1.82, 2.24) is 9.97 Å². The fraction of sp³-hybridized carbons (Fsp3) is 0. The Hall–Kier alpha value is -1.04. The third kappa shape index (κ3) is 1.76. The molecule has 4 heteroatoms. The molecule has 0 aliphatic rings. The molecule has 0 amide bonds. The van der Waals surface area contributed by atoms with E-state index in [9.17, 15) is 0 Å². The standard InChI is InChI=1S/C8H5N2O.Li/c1-3-9-4-2-7(1)8-10-5-6-11-8;/h1-5H;/q-1;+1. The van der Waals surface area contributed by atoms with E-state index in [1.54, 1.807) is 12.4 Å². The van der Waals surface area contributed by atoms with Crippen molar-refractivity contribution in [2.75, 3.05) is 0 Å². The first-order chi connectivity index (χ1) is 5.47. The van der Waals surface area contributed by atoms with Crippen LogP contribution in [0.4, 0.5) is 0 Å². The molecule has 0 aromatic carbocycles. The first kappa shape index (κ1) is 9.05. The van der Waals surface area contributed by atoms with Crippen molar-refractivity contribution in [3.05, 3.63) is 37.0 Å². The number of hydrogen-bond donors (Lipinski definition) is 0. The summed E-state index contributed by atoms with van der Waals surface area (Å²) in [6, 6.07) is 3.67. The largest absolute Gasteiger partial charge is 1.00 e. The van der Waals surface area contributed by atoms with Gasteiger partial charge in [-0.25, -0.2) is 0 Å². The summed E-state index contributed by atoms with van der Waals surface area (Å²) in [4.78, 5) is 7.81. The molecule has 2 aromatic heterocycles. The molecule has 2 heterocycles. The average molecular weight is 152 g/mol. The predicted octanol–water partition coefficient (Wildman–Crippen LogP) is -1.46. The summed E-state index contributed by atoms with van der Waals surface area (Å²) in [6.45, 7) is 0. The van der Waals surface area contributed by atoms with Crippen molar-refractivity contribution in [2.24, 2.45) is 0 Å². The average Bonchev–Trinajstić information content (AvgIpc) is 2.58. The molecular formula is C8H5LiN2O. The molecule has 0 bridgehead atoms. The fourth-order valence-corrected chi connectivity index (χ4v) is 0.821. The number of hydrogen-bond acceptors (Lipinski definition) is 3. The van der Waals surface area contributed by atoms with Crippen LogP contribution < -0.4 is 18.9 Å². The molecule has 0 atom stereocenters. The van der Waals surface area contributed by atoms with Crippen LogP contribution in [0.5, 0.6) is 0 Å². The van der Waals surface area contributed by atoms with Crippen molar-refractivity contribution in [3.8, 4) is 11.5 Å². The first-order valence-corrected chi connectivity index (χ1v) is 3.19. The normalized spacial score (nSPS) is 9.00. The number of oxazole rings is 1. The van der Waals surface area contributed by atoms with Gasteiger partial charge in [-0.15, -0.1) is 0 Å². The molecule has 0 saturated heterocycles. The molecule has 0 spiro atoms. The minimum Gasteiger partial charge on any atom is -0.627 e. The summed E-state index contributed by atoms with van der Waals surface area (Å²) < 4.78 is 4.96. The molecule has 0 unspecified atom stereocenters. The number of pyridine rings is 1. The summed E-state index contributed by atoms with van der Waals surface area (Å²) in [6.07, 6.45) is 7.41. The second-order valence-electron chi connectivity index (χ2n) is 2.02. The van der Waals surface area contributed by atoms with Gasteiger partial charge in [-0.2, -0.15) is 0 Å². The van der Waals surface area contributed by atoms with Crippen LogP contribution in [0.25, 0.3) is 11.5 Å². The maximum Gasteiger partial charge on any atom is 1.00 e. The minimum atomic E-state index is 0. The van der Waals surface area contributed by atoms with E-state index < -0.39 is 0 Å². The van der Waals surface area contributed by atoms with E-state index in [0.717, 1.165) is 5.56 Å². The van der Waals surface area contributed by atoms with Gasteiger partial charge < -0.3 is 9.40 Å². The van der Waals surface area contributed by atoms with E-state index in [-0.39, 0.29) is 18.9 Å². The number of aromatic nitrogens is 2. The van der Waals surface area contributed by atoms with Crippen LogP contribution in [0.1, 0.15) is 0 Å². The second-order valence-corrected chi connectivity index (χ2v) is 2.02. The minimum absolute atomic E-state index is 0. The van der Waals surface area contributed by atoms with Crippen LogP contribution in [0, 0.1) is 6.26 Å². The fourth-order valence-electron chi connectivity index (χ4n) is 0.821. The van der Waals surface area contributed by atoms with Gasteiger partial charge in [0.1, 0.15) is 0 Å². The van der Waals surface area contributed by atoms with Crippen LogP contribution in [0.3, 0.4) is 0 Å². The number of nitrogens with zero attached hydrogens (tertiary/aromatic N) is 2. The van der Waals surface area contributed by atoms with Gasteiger partial charge in [0.25, 0.3) is 0 Å². The molecule has 0 aliphatic heterocycles. The van der Waals surface area contributed by atoms with E-state index >= 15 is 0 Å². The quantitative estimate of drug-likeness (QED) is 0.370. The summed E-state index contributed by atoms with van der Waals surface area (Å²) in [5, 5.41) is 0. The Kier molecular flexibility index (Phi) is 3.09. The SMILES string of the molecule is [Li+].[c-]1cnc(-c2ccncc2)o1. The molecule has 12 heavy (non-hydrogen) atoms. The summed E-state index contributed by atoms with van der Waals surface area (Å²) in [5.41, 5.74) is 0.918. The predicted molar refractivity (Wildman–Crippen MR) is 38.6 cm³/mol. The Balaban J connectivity index is 0.000000720. The Labute approximate surface area is 82.0 Å². The maximum absolute atomic E-state index is 4.96. The maximum atomic E-state index is 4.96. The van der Waals surface area contributed by atoms with Gasteiger partial charge in [0.05, 0.1) is 5.89 Å². The molecule has 0 fully saturated rings. The van der Waals surface area contributed by atoms with E-state index in [2.05, 4.69) is 16.2 Å². The van der Waals surface area contributed by atoms with Crippen LogP contribution in [0.15, 0.2) is 35.1 Å². The summed E-state index contributed by atoms with van der Waals surface area (Å²) in [7, 11) is 0. The Morgan fingerprint density at radius 3 is 2.58 bits per heavy atom. The smallest absolute Gasteiger partial charge is 0.627 e. The van der Waals surface area contributed by atoms with E-state index in [0.29, 0.717) is 5.89 Å². The molecule has 0 aliphatic carbocycles. The Bertz CT molecular complexity index is 320. The van der Waals surface area contributed by atoms with Crippen LogP contribution in [-0.4, -0.2) is 9.97 Å². The summed E-state index contributed by atoms with van der Waals surface area (Å²) in [5.74, 6) is 0.576. The molecule has 0 saturated carbocycles. The van der Waals surface area contributed by atoms with Crippen molar-refractivity contribution in [1.29, 1.82) is 0 Å². The van der Waals surface area contributed by atoms with Crippen LogP contribution >= 0.6 is 0 Å². The van der Waals surface area contributed by atoms with Crippen LogP contribution in [0.2, 0.25) is 0 Å². The van der Waals surface area contributed by atoms with Gasteiger partial charge in [-0.3, -0.25) is 4.98 Å². The van der Waals surface area contributed by atoms with Crippen LogP contribution in [-0.2, 0) is 0 Å². The zero-order valence-corrected chi connectivity index (χ0v) is 6.69. The Morgan fingerprint density at radius 1 is 1.25 bits per heavy atom. The van der Waals surface area contributed by atoms with E-state index in [1.807, 2.05) is 12.1 Å². The second kappa shape index (κ2) is 4.10. The van der Waals surface area contributed by atoms with Crippen molar-refractivity contribution in [2.45, 2.75) is 0 Å². The molecule has 0 radical (unpaired) electrons. The third-order valence-corrected chi connectivity index (χ3v) is 1.32. The van der Waals surface area contributed by atoms with E-state index in [4.69, 9.17) is 4.42 Å². The molecule has 0 N–H and O–H groups in total. The van der Waals surface area contributed by atoms with Crippen molar-refractivity contribution < 1.29 is 23.3 Å². The zero-order valence-electron chi connectivity index (χ0n) is 6.69. The van der Waals surface area contributed by atoms with Gasteiger partial charge in [0, 0.05) is 12.4 Å². The molecular weight excluding hydrogens is 147 g/mol. The first-order valence-electron chi connectivity index (χ1n) is 3.19. The van der Waals surface area contributed by atoms with Gasteiger partial charge in [-0.1, -0.05) is 6.26 Å². The topological polar surface area (TPSA) is 38.9 Å². The molecule has 3 nitrogen and oxygen atoms in total. The van der Waals surface area contributed by atoms with Gasteiger partial charge in [-0.05, 0) is 23.9 Å². The Morgan fingerprint density at radius 2 is 2.00 bits per heavy atom. The van der Waals surface area contributed by atoms with Gasteiger partial charge in [0.15, 0.2) is 0 Å².